The first-order valence-electron chi connectivity index (χ1n) is 10.3. The van der Waals surface area contributed by atoms with E-state index in [4.69, 9.17) is 5.26 Å². The molecule has 0 spiro atoms. The van der Waals surface area contributed by atoms with Gasteiger partial charge in [0.05, 0.1) is 23.4 Å². The number of unbranched alkanes of at least 4 members (excludes halogenated alkanes) is 1. The lowest BCUT2D eigenvalue weighted by molar-refractivity contribution is -0.124. The molecule has 7 heteroatoms. The van der Waals surface area contributed by atoms with Crippen molar-refractivity contribution in [1.29, 1.82) is 5.26 Å². The Labute approximate surface area is 177 Å². The molecule has 1 aliphatic carbocycles. The lowest BCUT2D eigenvalue weighted by atomic mass is 10.1. The number of benzene rings is 1. The zero-order valence-electron chi connectivity index (χ0n) is 17.2. The minimum Gasteiger partial charge on any atom is -0.372 e. The lowest BCUT2D eigenvalue weighted by Crippen LogP contribution is -2.29. The van der Waals surface area contributed by atoms with Gasteiger partial charge in [-0.1, -0.05) is 30.7 Å². The van der Waals surface area contributed by atoms with Crippen molar-refractivity contribution >= 4 is 23.4 Å². The molecule has 0 saturated heterocycles. The van der Waals surface area contributed by atoms with Crippen molar-refractivity contribution in [3.8, 4) is 17.9 Å². The Bertz CT molecular complexity index is 979. The molecular weight excluding hydrogens is 376 g/mol. The molecule has 0 atom stereocenters. The van der Waals surface area contributed by atoms with Crippen LogP contribution in [0.3, 0.4) is 0 Å². The van der Waals surface area contributed by atoms with E-state index in [0.717, 1.165) is 24.9 Å². The molecule has 1 aromatic carbocycles. The average molecular weight is 403 g/mol. The van der Waals surface area contributed by atoms with E-state index in [9.17, 15) is 4.79 Å². The summed E-state index contributed by atoms with van der Waals surface area (Å²) in [5.74, 6) is 7.68. The Hall–Kier alpha value is -3.58. The van der Waals surface area contributed by atoms with Crippen molar-refractivity contribution in [3.63, 3.8) is 0 Å². The summed E-state index contributed by atoms with van der Waals surface area (Å²) in [4.78, 5) is 20.8. The van der Waals surface area contributed by atoms with Crippen molar-refractivity contribution in [1.82, 2.24) is 15.3 Å². The highest BCUT2D eigenvalue weighted by Crippen LogP contribution is 2.24. The van der Waals surface area contributed by atoms with Crippen LogP contribution < -0.4 is 16.0 Å². The van der Waals surface area contributed by atoms with Gasteiger partial charge in [-0.05, 0) is 37.5 Å². The SMILES string of the molecule is CNc1nc(Nc2cccc(C#N)c2)ncc1C#CCCCNC(=O)C1CCCC1. The molecule has 2 aromatic rings. The van der Waals surface area contributed by atoms with Crippen molar-refractivity contribution < 1.29 is 4.79 Å². The number of carbonyl (C=O) groups excluding carboxylic acids is 1. The lowest BCUT2D eigenvalue weighted by Gasteiger charge is -2.09. The number of rotatable bonds is 7. The summed E-state index contributed by atoms with van der Waals surface area (Å²) in [7, 11) is 1.78. The van der Waals surface area contributed by atoms with Gasteiger partial charge >= 0.3 is 0 Å². The van der Waals surface area contributed by atoms with Gasteiger partial charge in [0, 0.05) is 31.6 Å². The summed E-state index contributed by atoms with van der Waals surface area (Å²) in [5, 5.41) is 18.2. The Morgan fingerprint density at radius 2 is 2.13 bits per heavy atom. The summed E-state index contributed by atoms with van der Waals surface area (Å²) in [6.45, 7) is 0.657. The van der Waals surface area contributed by atoms with Gasteiger partial charge in [0.1, 0.15) is 5.82 Å². The van der Waals surface area contributed by atoms with Crippen molar-refractivity contribution in [2.45, 2.75) is 38.5 Å². The maximum Gasteiger partial charge on any atom is 0.229 e. The fourth-order valence-corrected chi connectivity index (χ4v) is 3.40. The van der Waals surface area contributed by atoms with Crippen LogP contribution in [0.1, 0.15) is 49.7 Å². The first-order valence-corrected chi connectivity index (χ1v) is 10.3. The number of anilines is 3. The minimum atomic E-state index is 0.190. The molecule has 0 unspecified atom stereocenters. The van der Waals surface area contributed by atoms with E-state index in [2.05, 4.69) is 43.8 Å². The fraction of sp³-hybridized carbons (Fsp3) is 0.391. The van der Waals surface area contributed by atoms with Crippen molar-refractivity contribution in [2.24, 2.45) is 5.92 Å². The van der Waals surface area contributed by atoms with E-state index in [1.54, 1.807) is 31.4 Å². The van der Waals surface area contributed by atoms with Gasteiger partial charge in [-0.15, -0.1) is 0 Å². The molecule has 0 radical (unpaired) electrons. The normalized spacial score (nSPS) is 13.1. The van der Waals surface area contributed by atoms with Gasteiger partial charge < -0.3 is 16.0 Å². The number of aromatic nitrogens is 2. The molecule has 1 saturated carbocycles. The number of hydrogen-bond donors (Lipinski definition) is 3. The van der Waals surface area contributed by atoms with Crippen LogP contribution in [-0.4, -0.2) is 29.5 Å². The molecule has 1 aromatic heterocycles. The third-order valence-electron chi connectivity index (χ3n) is 5.00. The monoisotopic (exact) mass is 402 g/mol. The van der Waals surface area contributed by atoms with Gasteiger partial charge in [0.15, 0.2) is 0 Å². The second-order valence-electron chi connectivity index (χ2n) is 7.20. The van der Waals surface area contributed by atoms with Gasteiger partial charge in [-0.25, -0.2) is 4.98 Å². The predicted molar refractivity (Wildman–Crippen MR) is 117 cm³/mol. The second kappa shape index (κ2) is 10.8. The molecule has 154 valence electrons. The number of nitrogens with one attached hydrogen (secondary N) is 3. The zero-order valence-corrected chi connectivity index (χ0v) is 17.2. The molecule has 1 fully saturated rings. The van der Waals surface area contributed by atoms with Crippen LogP contribution in [0.5, 0.6) is 0 Å². The summed E-state index contributed by atoms with van der Waals surface area (Å²) >= 11 is 0. The van der Waals surface area contributed by atoms with Crippen LogP contribution in [0, 0.1) is 29.1 Å². The summed E-state index contributed by atoms with van der Waals surface area (Å²) in [5.41, 5.74) is 2.02. The van der Waals surface area contributed by atoms with E-state index in [0.29, 0.717) is 35.9 Å². The average Bonchev–Trinajstić information content (AvgIpc) is 3.32. The van der Waals surface area contributed by atoms with E-state index in [-0.39, 0.29) is 11.8 Å². The molecular formula is C23H26N6O. The highest BCUT2D eigenvalue weighted by molar-refractivity contribution is 5.78. The van der Waals surface area contributed by atoms with Crippen LogP contribution in [0.15, 0.2) is 30.5 Å². The topological polar surface area (TPSA) is 103 Å². The predicted octanol–water partition coefficient (Wildman–Crippen LogP) is 3.57. The van der Waals surface area contributed by atoms with Crippen LogP contribution >= 0.6 is 0 Å². The Kier molecular flexibility index (Phi) is 7.63. The number of nitrogens with zero attached hydrogens (tertiary/aromatic N) is 3. The molecule has 1 amide bonds. The number of hydrogen-bond acceptors (Lipinski definition) is 6. The van der Waals surface area contributed by atoms with Gasteiger partial charge in [-0.2, -0.15) is 10.2 Å². The van der Waals surface area contributed by atoms with Crippen LogP contribution in [0.2, 0.25) is 0 Å². The molecule has 3 N–H and O–H groups in total. The highest BCUT2D eigenvalue weighted by atomic mass is 16.1. The molecule has 1 aliphatic rings. The van der Waals surface area contributed by atoms with Gasteiger partial charge in [0.2, 0.25) is 11.9 Å². The maximum absolute atomic E-state index is 12.0. The third kappa shape index (κ3) is 5.96. The van der Waals surface area contributed by atoms with Crippen molar-refractivity contribution in [2.75, 3.05) is 24.2 Å². The van der Waals surface area contributed by atoms with E-state index in [1.807, 2.05) is 6.07 Å². The second-order valence-corrected chi connectivity index (χ2v) is 7.20. The van der Waals surface area contributed by atoms with Crippen molar-refractivity contribution in [3.05, 3.63) is 41.6 Å². The van der Waals surface area contributed by atoms with E-state index >= 15 is 0 Å². The quantitative estimate of drug-likeness (QED) is 0.483. The Morgan fingerprint density at radius 3 is 2.90 bits per heavy atom. The molecule has 1 heterocycles. The number of amides is 1. The zero-order chi connectivity index (χ0) is 21.2. The van der Waals surface area contributed by atoms with E-state index < -0.39 is 0 Å². The largest absolute Gasteiger partial charge is 0.372 e. The van der Waals surface area contributed by atoms with E-state index in [1.165, 1.54) is 12.8 Å². The Morgan fingerprint density at radius 1 is 1.30 bits per heavy atom. The number of carbonyl (C=O) groups is 1. The first kappa shape index (κ1) is 21.1. The minimum absolute atomic E-state index is 0.190. The van der Waals surface area contributed by atoms with Crippen LogP contribution in [0.4, 0.5) is 17.5 Å². The van der Waals surface area contributed by atoms with Gasteiger partial charge in [0.25, 0.3) is 0 Å². The molecule has 7 nitrogen and oxygen atoms in total. The maximum atomic E-state index is 12.0. The molecule has 0 bridgehead atoms. The number of nitriles is 1. The highest BCUT2D eigenvalue weighted by Gasteiger charge is 2.21. The molecule has 0 aliphatic heterocycles. The fourth-order valence-electron chi connectivity index (χ4n) is 3.40. The standard InChI is InChI=1S/C23H26N6O/c1-25-21-19(11-3-2-6-13-26-22(30)18-9-4-5-10-18)16-27-23(29-21)28-20-12-7-8-17(14-20)15-24/h7-8,12,14,16,18H,2,4-6,9-10,13H2,1H3,(H,26,30)(H2,25,27,28,29). The molecule has 3 rings (SSSR count). The molecule has 30 heavy (non-hydrogen) atoms. The van der Waals surface area contributed by atoms with Gasteiger partial charge in [-0.3, -0.25) is 4.79 Å². The summed E-state index contributed by atoms with van der Waals surface area (Å²) in [6, 6.07) is 9.24. The van der Waals surface area contributed by atoms with Crippen LogP contribution in [0.25, 0.3) is 0 Å². The third-order valence-corrected chi connectivity index (χ3v) is 5.00. The first-order chi connectivity index (χ1) is 14.7. The van der Waals surface area contributed by atoms with Crippen LogP contribution in [-0.2, 0) is 4.79 Å². The summed E-state index contributed by atoms with van der Waals surface area (Å²) in [6.07, 6.45) is 7.55. The Balaban J connectivity index is 1.51. The summed E-state index contributed by atoms with van der Waals surface area (Å²) < 4.78 is 0. The smallest absolute Gasteiger partial charge is 0.229 e.